The fourth-order valence-electron chi connectivity index (χ4n) is 3.88. The second kappa shape index (κ2) is 10.7. The molecule has 0 unspecified atom stereocenters. The minimum atomic E-state index is -1.11. The predicted octanol–water partition coefficient (Wildman–Crippen LogP) is 5.67. The smallest absolute Gasteiger partial charge is 0.326 e. The molecule has 2 N–H and O–H groups in total. The van der Waals surface area contributed by atoms with Crippen LogP contribution in [-0.2, 0) is 16.6 Å². The first kappa shape index (κ1) is 25.7. The Balaban J connectivity index is 1.42. The Hall–Kier alpha value is -4.39. The summed E-state index contributed by atoms with van der Waals surface area (Å²) in [5.74, 6) is -1.38. The van der Waals surface area contributed by atoms with E-state index >= 15 is 0 Å². The average Bonchev–Trinajstić information content (AvgIpc) is 2.88. The molecule has 3 aromatic carbocycles. The summed E-state index contributed by atoms with van der Waals surface area (Å²) in [6, 6.07) is 19.5. The second-order valence-corrected chi connectivity index (χ2v) is 9.90. The van der Waals surface area contributed by atoms with Gasteiger partial charge in [-0.2, -0.15) is 0 Å². The first-order valence-corrected chi connectivity index (χ1v) is 11.9. The van der Waals surface area contributed by atoms with Gasteiger partial charge in [0.05, 0.1) is 0 Å². The number of nitrogens with zero attached hydrogens (tertiary/aromatic N) is 2. The SMILES string of the molecule is CC(C)(C)c1ccc(C(=O)N[C@@H](Cc2ccc(-c3ncc(-c4cccc(F)c4)cn3)cc2)C(=O)O)cc1. The lowest BCUT2D eigenvalue weighted by Crippen LogP contribution is -2.42. The van der Waals surface area contributed by atoms with Crippen molar-refractivity contribution in [2.45, 2.75) is 38.6 Å². The van der Waals surface area contributed by atoms with Gasteiger partial charge in [0.1, 0.15) is 11.9 Å². The van der Waals surface area contributed by atoms with Gasteiger partial charge in [0.25, 0.3) is 5.91 Å². The molecule has 7 heteroatoms. The lowest BCUT2D eigenvalue weighted by atomic mass is 9.86. The van der Waals surface area contributed by atoms with E-state index in [0.717, 1.165) is 16.7 Å². The van der Waals surface area contributed by atoms with Crippen LogP contribution in [0.2, 0.25) is 0 Å². The number of carboxylic acids is 1. The van der Waals surface area contributed by atoms with Gasteiger partial charge in [-0.3, -0.25) is 4.79 Å². The summed E-state index contributed by atoms with van der Waals surface area (Å²) in [5.41, 5.74) is 4.35. The Morgan fingerprint density at radius 2 is 1.54 bits per heavy atom. The first-order valence-electron chi connectivity index (χ1n) is 11.9. The average molecular weight is 498 g/mol. The van der Waals surface area contributed by atoms with Gasteiger partial charge in [0, 0.05) is 35.5 Å². The molecule has 0 bridgehead atoms. The number of aromatic nitrogens is 2. The maximum Gasteiger partial charge on any atom is 0.326 e. The van der Waals surface area contributed by atoms with Crippen LogP contribution in [0.1, 0.15) is 42.3 Å². The number of halogens is 1. The molecule has 0 aliphatic rings. The van der Waals surface area contributed by atoms with Crippen molar-refractivity contribution in [1.29, 1.82) is 0 Å². The third kappa shape index (κ3) is 6.44. The zero-order valence-corrected chi connectivity index (χ0v) is 20.9. The normalized spacial score (nSPS) is 12.1. The van der Waals surface area contributed by atoms with Gasteiger partial charge in [-0.25, -0.2) is 19.2 Å². The maximum absolute atomic E-state index is 13.5. The van der Waals surface area contributed by atoms with Crippen molar-refractivity contribution in [1.82, 2.24) is 15.3 Å². The third-order valence-electron chi connectivity index (χ3n) is 6.08. The van der Waals surface area contributed by atoms with E-state index in [1.54, 1.807) is 60.9 Å². The number of carboxylic acid groups (broad SMARTS) is 1. The summed E-state index contributed by atoms with van der Waals surface area (Å²) in [4.78, 5) is 33.3. The van der Waals surface area contributed by atoms with Crippen LogP contribution in [0, 0.1) is 5.82 Å². The highest BCUT2D eigenvalue weighted by Gasteiger charge is 2.22. The molecule has 0 fully saturated rings. The summed E-state index contributed by atoms with van der Waals surface area (Å²) in [5, 5.41) is 12.3. The largest absolute Gasteiger partial charge is 0.480 e. The van der Waals surface area contributed by atoms with Gasteiger partial charge in [-0.1, -0.05) is 69.3 Å². The molecule has 1 heterocycles. The van der Waals surface area contributed by atoms with Crippen molar-refractivity contribution >= 4 is 11.9 Å². The fraction of sp³-hybridized carbons (Fsp3) is 0.200. The molecular formula is C30H28FN3O3. The van der Waals surface area contributed by atoms with E-state index in [2.05, 4.69) is 36.1 Å². The monoisotopic (exact) mass is 497 g/mol. The van der Waals surface area contributed by atoms with Crippen molar-refractivity contribution in [2.75, 3.05) is 0 Å². The number of carbonyl (C=O) groups is 2. The molecule has 37 heavy (non-hydrogen) atoms. The number of hydrogen-bond donors (Lipinski definition) is 2. The maximum atomic E-state index is 13.5. The summed E-state index contributed by atoms with van der Waals surface area (Å²) >= 11 is 0. The van der Waals surface area contributed by atoms with Gasteiger partial charge >= 0.3 is 5.97 Å². The molecule has 0 spiro atoms. The molecule has 188 valence electrons. The highest BCUT2D eigenvalue weighted by Crippen LogP contribution is 2.23. The molecule has 0 aliphatic heterocycles. The quantitative estimate of drug-likeness (QED) is 0.343. The molecule has 6 nitrogen and oxygen atoms in total. The van der Waals surface area contributed by atoms with E-state index in [1.807, 2.05) is 12.1 Å². The zero-order chi connectivity index (χ0) is 26.6. The Labute approximate surface area is 215 Å². The van der Waals surface area contributed by atoms with Gasteiger partial charge in [-0.15, -0.1) is 0 Å². The molecule has 1 amide bonds. The molecule has 4 rings (SSSR count). The van der Waals surface area contributed by atoms with Crippen LogP contribution >= 0.6 is 0 Å². The van der Waals surface area contributed by atoms with Crippen molar-refractivity contribution in [2.24, 2.45) is 0 Å². The minimum Gasteiger partial charge on any atom is -0.480 e. The Bertz CT molecular complexity index is 1390. The minimum absolute atomic E-state index is 0.0425. The van der Waals surface area contributed by atoms with Crippen LogP contribution in [0.25, 0.3) is 22.5 Å². The molecule has 1 aromatic heterocycles. The molecule has 0 aliphatic carbocycles. The Morgan fingerprint density at radius 1 is 0.892 bits per heavy atom. The lowest BCUT2D eigenvalue weighted by molar-refractivity contribution is -0.139. The van der Waals surface area contributed by atoms with E-state index in [4.69, 9.17) is 0 Å². The fourth-order valence-corrected chi connectivity index (χ4v) is 3.88. The van der Waals surface area contributed by atoms with Crippen molar-refractivity contribution in [3.63, 3.8) is 0 Å². The highest BCUT2D eigenvalue weighted by atomic mass is 19.1. The number of benzene rings is 3. The number of carbonyl (C=O) groups excluding carboxylic acids is 1. The standard InChI is InChI=1S/C30H28FN3O3/c1-30(2,3)24-13-11-21(12-14-24)28(35)34-26(29(36)37)15-19-7-9-20(10-8-19)27-32-17-23(18-33-27)22-5-4-6-25(31)16-22/h4-14,16-18,26H,15H2,1-3H3,(H,34,35)(H,36,37)/t26-/m0/s1. The molecule has 0 radical (unpaired) electrons. The number of amides is 1. The number of nitrogens with one attached hydrogen (secondary N) is 1. The van der Waals surface area contributed by atoms with E-state index < -0.39 is 17.9 Å². The molecule has 1 atom stereocenters. The lowest BCUT2D eigenvalue weighted by Gasteiger charge is -2.19. The van der Waals surface area contributed by atoms with Crippen molar-refractivity contribution in [3.8, 4) is 22.5 Å². The van der Waals surface area contributed by atoms with Crippen LogP contribution in [0.3, 0.4) is 0 Å². The van der Waals surface area contributed by atoms with E-state index in [0.29, 0.717) is 22.5 Å². The van der Waals surface area contributed by atoms with Crippen LogP contribution in [0.4, 0.5) is 4.39 Å². The molecule has 0 saturated heterocycles. The summed E-state index contributed by atoms with van der Waals surface area (Å²) < 4.78 is 13.5. The van der Waals surface area contributed by atoms with E-state index in [-0.39, 0.29) is 17.7 Å². The number of rotatable bonds is 7. The van der Waals surface area contributed by atoms with Gasteiger partial charge in [-0.05, 0) is 46.4 Å². The van der Waals surface area contributed by atoms with E-state index in [1.165, 1.54) is 12.1 Å². The number of aliphatic carboxylic acids is 1. The molecule has 0 saturated carbocycles. The van der Waals surface area contributed by atoms with Crippen LogP contribution < -0.4 is 5.32 Å². The van der Waals surface area contributed by atoms with Crippen LogP contribution in [0.15, 0.2) is 85.2 Å². The third-order valence-corrected chi connectivity index (χ3v) is 6.08. The summed E-state index contributed by atoms with van der Waals surface area (Å²) in [6.07, 6.45) is 3.39. The Morgan fingerprint density at radius 3 is 2.11 bits per heavy atom. The van der Waals surface area contributed by atoms with E-state index in [9.17, 15) is 19.1 Å². The number of hydrogen-bond acceptors (Lipinski definition) is 4. The van der Waals surface area contributed by atoms with Gasteiger partial charge in [0.2, 0.25) is 0 Å². The Kier molecular flexibility index (Phi) is 7.43. The van der Waals surface area contributed by atoms with Gasteiger partial charge < -0.3 is 10.4 Å². The molecular weight excluding hydrogens is 469 g/mol. The van der Waals surface area contributed by atoms with Gasteiger partial charge in [0.15, 0.2) is 5.82 Å². The topological polar surface area (TPSA) is 92.2 Å². The summed E-state index contributed by atoms with van der Waals surface area (Å²) in [7, 11) is 0. The predicted molar refractivity (Wildman–Crippen MR) is 141 cm³/mol. The zero-order valence-electron chi connectivity index (χ0n) is 20.9. The summed E-state index contributed by atoms with van der Waals surface area (Å²) in [6.45, 7) is 6.26. The van der Waals surface area contributed by atoms with Crippen LogP contribution in [-0.4, -0.2) is 33.0 Å². The first-order chi connectivity index (χ1) is 17.6. The van der Waals surface area contributed by atoms with Crippen molar-refractivity contribution in [3.05, 3.63) is 108 Å². The highest BCUT2D eigenvalue weighted by molar-refractivity contribution is 5.96. The van der Waals surface area contributed by atoms with Crippen LogP contribution in [0.5, 0.6) is 0 Å². The second-order valence-electron chi connectivity index (χ2n) is 9.90. The van der Waals surface area contributed by atoms with Crippen molar-refractivity contribution < 1.29 is 19.1 Å². The molecule has 4 aromatic rings.